The Morgan fingerprint density at radius 1 is 0.850 bits per heavy atom. The van der Waals surface area contributed by atoms with Crippen molar-refractivity contribution in [3.8, 4) is 0 Å². The second-order valence-corrected chi connectivity index (χ2v) is 10.5. The summed E-state index contributed by atoms with van der Waals surface area (Å²) in [4.78, 5) is 0. The normalized spacial score (nSPS) is 12.2. The molecule has 108 valence electrons. The first-order chi connectivity index (χ1) is 9.35. The van der Waals surface area contributed by atoms with Crippen LogP contribution in [0.25, 0.3) is 0 Å². The van der Waals surface area contributed by atoms with E-state index in [1.807, 2.05) is 0 Å². The van der Waals surface area contributed by atoms with Crippen molar-refractivity contribution in [2.45, 2.75) is 0 Å². The number of halogens is 3. The molecule has 0 saturated heterocycles. The van der Waals surface area contributed by atoms with Crippen LogP contribution in [0.2, 0.25) is 10.0 Å². The predicted octanol–water partition coefficient (Wildman–Crippen LogP) is 4.27. The molecule has 4 nitrogen and oxygen atoms in total. The molecule has 0 atom stereocenters. The minimum atomic E-state index is -4.54. The van der Waals surface area contributed by atoms with Crippen molar-refractivity contribution in [3.05, 3.63) is 65.7 Å². The van der Waals surface area contributed by atoms with E-state index >= 15 is 0 Å². The maximum absolute atomic E-state index is 11.0. The molecule has 1 N–H and O–H groups in total. The molecule has 8 heteroatoms. The summed E-state index contributed by atoms with van der Waals surface area (Å²) in [5.41, 5.74) is 0. The van der Waals surface area contributed by atoms with E-state index in [1.54, 1.807) is 48.5 Å². The molecule has 0 aromatic heterocycles. The van der Waals surface area contributed by atoms with Gasteiger partial charge in [-0.05, 0) is 0 Å². The van der Waals surface area contributed by atoms with Crippen molar-refractivity contribution in [2.24, 2.45) is 0 Å². The Hall–Kier alpha value is -0.380. The zero-order valence-corrected chi connectivity index (χ0v) is 14.3. The zero-order valence-electron chi connectivity index (χ0n) is 9.83. The van der Waals surface area contributed by atoms with Crippen molar-refractivity contribution < 1.29 is 15.5 Å². The Morgan fingerprint density at radius 2 is 1.20 bits per heavy atom. The molecule has 0 spiro atoms. The molecule has 0 aliphatic rings. The molecular weight excluding hydrogens is 438 g/mol. The Kier molecular flexibility index (Phi) is 5.27. The van der Waals surface area contributed by atoms with E-state index in [9.17, 15) is 8.42 Å². The van der Waals surface area contributed by atoms with Gasteiger partial charge in [-0.3, -0.25) is 0 Å². The molecule has 0 aliphatic heterocycles. The van der Waals surface area contributed by atoms with Crippen LogP contribution in [-0.2, 0) is 12.9 Å². The third-order valence-corrected chi connectivity index (χ3v) is 9.08. The van der Waals surface area contributed by atoms with Gasteiger partial charge in [-0.15, -0.1) is 0 Å². The Bertz CT molecular complexity index is 641. The third-order valence-electron chi connectivity index (χ3n) is 2.15. The van der Waals surface area contributed by atoms with E-state index in [-0.39, 0.29) is 0 Å². The summed E-state index contributed by atoms with van der Waals surface area (Å²) in [6, 6.07) is 13.3. The fourth-order valence-corrected chi connectivity index (χ4v) is 7.28. The van der Waals surface area contributed by atoms with Crippen LogP contribution in [0.15, 0.2) is 48.5 Å². The Morgan fingerprint density at radius 3 is 1.50 bits per heavy atom. The van der Waals surface area contributed by atoms with E-state index in [2.05, 4.69) is 0 Å². The maximum atomic E-state index is 11.0. The molecular formula is C12H9Cl2IO4S. The van der Waals surface area contributed by atoms with E-state index < -0.39 is 30.6 Å². The van der Waals surface area contributed by atoms with E-state index in [0.29, 0.717) is 17.2 Å². The Labute approximate surface area is 134 Å². The Balaban J connectivity index is 2.44. The van der Waals surface area contributed by atoms with Crippen molar-refractivity contribution in [3.63, 3.8) is 0 Å². The van der Waals surface area contributed by atoms with Crippen LogP contribution in [-0.4, -0.2) is 13.0 Å². The first kappa shape index (κ1) is 16.0. The average molecular weight is 447 g/mol. The standard InChI is InChI=1S/C12H9Cl2IO4S/c13-9-1-5-11(6-2-9)15(19-20(16,17)18)12-7-3-10(14)4-8-12/h1-8H,(H,16,17,18). The molecule has 2 aromatic carbocycles. The molecule has 0 fully saturated rings. The molecule has 20 heavy (non-hydrogen) atoms. The quantitative estimate of drug-likeness (QED) is 0.562. The van der Waals surface area contributed by atoms with Gasteiger partial charge in [-0.1, -0.05) is 0 Å². The van der Waals surface area contributed by atoms with Crippen molar-refractivity contribution >= 4 is 53.8 Å². The van der Waals surface area contributed by atoms with Gasteiger partial charge < -0.3 is 0 Å². The summed E-state index contributed by atoms with van der Waals surface area (Å²) >= 11 is 8.84. The second-order valence-electron chi connectivity index (χ2n) is 3.61. The fourth-order valence-electron chi connectivity index (χ4n) is 1.37. The van der Waals surface area contributed by atoms with Crippen LogP contribution >= 0.6 is 43.4 Å². The van der Waals surface area contributed by atoms with E-state index in [1.165, 1.54) is 0 Å². The summed E-state index contributed by atoms with van der Waals surface area (Å²) < 4.78 is 37.3. The molecule has 0 heterocycles. The number of benzene rings is 2. The topological polar surface area (TPSA) is 63.6 Å². The summed E-state index contributed by atoms with van der Waals surface area (Å²) in [5.74, 6) is 0. The molecule has 0 unspecified atom stereocenters. The van der Waals surface area contributed by atoms with E-state index in [4.69, 9.17) is 30.3 Å². The molecule has 0 saturated carbocycles. The van der Waals surface area contributed by atoms with Crippen LogP contribution in [0.1, 0.15) is 0 Å². The van der Waals surface area contributed by atoms with Gasteiger partial charge in [-0.2, -0.15) is 0 Å². The molecule has 2 rings (SSSR count). The SMILES string of the molecule is O=S(=O)(O)OI(c1ccc(Cl)cc1)c1ccc(Cl)cc1. The van der Waals surface area contributed by atoms with Crippen LogP contribution in [0, 0.1) is 7.14 Å². The average Bonchev–Trinajstić information content (AvgIpc) is 2.37. The summed E-state index contributed by atoms with van der Waals surface area (Å²) in [6.07, 6.45) is 0. The van der Waals surface area contributed by atoms with Crippen LogP contribution in [0.4, 0.5) is 0 Å². The third kappa shape index (κ3) is 4.57. The van der Waals surface area contributed by atoms with Crippen LogP contribution < -0.4 is 0 Å². The monoisotopic (exact) mass is 446 g/mol. The minimum absolute atomic E-state index is 0.535. The zero-order chi connectivity index (χ0) is 14.8. The van der Waals surface area contributed by atoms with Gasteiger partial charge in [-0.25, -0.2) is 0 Å². The summed E-state index contributed by atoms with van der Waals surface area (Å²) in [7, 11) is -4.54. The van der Waals surface area contributed by atoms with Gasteiger partial charge in [0.05, 0.1) is 0 Å². The van der Waals surface area contributed by atoms with Crippen molar-refractivity contribution in [1.29, 1.82) is 0 Å². The first-order valence-corrected chi connectivity index (χ1v) is 10.4. The van der Waals surface area contributed by atoms with Crippen LogP contribution in [0.5, 0.6) is 0 Å². The predicted molar refractivity (Wildman–Crippen MR) is 87.0 cm³/mol. The molecule has 0 bridgehead atoms. The molecule has 0 amide bonds. The van der Waals surface area contributed by atoms with Crippen molar-refractivity contribution in [2.75, 3.05) is 0 Å². The van der Waals surface area contributed by atoms with Gasteiger partial charge in [0.25, 0.3) is 0 Å². The second kappa shape index (κ2) is 6.59. The molecule has 2 aromatic rings. The number of rotatable bonds is 4. The van der Waals surface area contributed by atoms with Crippen molar-refractivity contribution in [1.82, 2.24) is 0 Å². The summed E-state index contributed by atoms with van der Waals surface area (Å²) in [5, 5.41) is 1.07. The van der Waals surface area contributed by atoms with Gasteiger partial charge in [0.2, 0.25) is 0 Å². The van der Waals surface area contributed by atoms with Gasteiger partial charge >= 0.3 is 135 Å². The fraction of sp³-hybridized carbons (Fsp3) is 0. The van der Waals surface area contributed by atoms with Gasteiger partial charge in [0.15, 0.2) is 0 Å². The van der Waals surface area contributed by atoms with E-state index in [0.717, 1.165) is 0 Å². The first-order valence-electron chi connectivity index (χ1n) is 5.24. The number of hydrogen-bond acceptors (Lipinski definition) is 3. The van der Waals surface area contributed by atoms with Crippen LogP contribution in [0.3, 0.4) is 0 Å². The van der Waals surface area contributed by atoms with Gasteiger partial charge in [0.1, 0.15) is 0 Å². The summed E-state index contributed by atoms with van der Waals surface area (Å²) in [6.45, 7) is 0. The number of hydrogen-bond donors (Lipinski definition) is 1. The molecule has 0 aliphatic carbocycles. The van der Waals surface area contributed by atoms with Gasteiger partial charge in [0, 0.05) is 0 Å². The molecule has 0 radical (unpaired) electrons.